The Bertz CT molecular complexity index is 423. The van der Waals surface area contributed by atoms with Gasteiger partial charge in [0.05, 0.1) is 17.5 Å². The fraction of sp³-hybridized carbons (Fsp3) is 0.333. The molecule has 1 aromatic carbocycles. The Morgan fingerprint density at radius 2 is 1.78 bits per heavy atom. The highest BCUT2D eigenvalue weighted by Gasteiger charge is 2.05. The van der Waals surface area contributed by atoms with E-state index >= 15 is 0 Å². The van der Waals surface area contributed by atoms with E-state index in [1.807, 2.05) is 31.1 Å². The summed E-state index contributed by atoms with van der Waals surface area (Å²) in [4.78, 5) is 13.7. The highest BCUT2D eigenvalue weighted by molar-refractivity contribution is 6.37. The number of carbonyl (C=O) groups is 1. The van der Waals surface area contributed by atoms with Crippen molar-refractivity contribution in [3.63, 3.8) is 0 Å². The number of rotatable bonds is 5. The number of halogens is 2. The largest absolute Gasteiger partial charge is 0.378 e. The predicted octanol–water partition coefficient (Wildman–Crippen LogP) is 2.32. The minimum Gasteiger partial charge on any atom is -0.378 e. The standard InChI is InChI=1S/C12H15Cl2N3O/c1-17(2)11-5-3-9(4-6-11)12(18)16-15-10(7-13)8-14/h3-6H,7-8H2,1-2H3,(H,16,18). The number of hydrazone groups is 1. The fourth-order valence-electron chi connectivity index (χ4n) is 1.20. The number of carbonyl (C=O) groups excluding carboxylic acids is 1. The van der Waals surface area contributed by atoms with Gasteiger partial charge in [-0.15, -0.1) is 23.2 Å². The highest BCUT2D eigenvalue weighted by Crippen LogP contribution is 2.11. The van der Waals surface area contributed by atoms with E-state index in [-0.39, 0.29) is 17.7 Å². The molecule has 6 heteroatoms. The van der Waals surface area contributed by atoms with Crippen LogP contribution < -0.4 is 10.3 Å². The number of nitrogens with zero attached hydrogens (tertiary/aromatic N) is 2. The van der Waals surface area contributed by atoms with Crippen molar-refractivity contribution in [3.05, 3.63) is 29.8 Å². The molecule has 0 atom stereocenters. The molecule has 0 fully saturated rings. The van der Waals surface area contributed by atoms with Crippen molar-refractivity contribution in [2.75, 3.05) is 30.8 Å². The summed E-state index contributed by atoms with van der Waals surface area (Å²) in [6.45, 7) is 0. The van der Waals surface area contributed by atoms with E-state index in [9.17, 15) is 4.79 Å². The Kier molecular flexibility index (Phi) is 5.95. The first-order valence-electron chi connectivity index (χ1n) is 5.33. The van der Waals surface area contributed by atoms with Crippen LogP contribution in [0.1, 0.15) is 10.4 Å². The van der Waals surface area contributed by atoms with Crippen molar-refractivity contribution in [1.29, 1.82) is 0 Å². The maximum absolute atomic E-state index is 11.7. The van der Waals surface area contributed by atoms with Crippen LogP contribution in [0.3, 0.4) is 0 Å². The first-order chi connectivity index (χ1) is 8.58. The van der Waals surface area contributed by atoms with Crippen LogP contribution in [0, 0.1) is 0 Å². The Morgan fingerprint density at radius 1 is 1.22 bits per heavy atom. The van der Waals surface area contributed by atoms with Gasteiger partial charge in [-0.05, 0) is 24.3 Å². The number of alkyl halides is 2. The molecule has 98 valence electrons. The number of nitrogens with one attached hydrogen (secondary N) is 1. The van der Waals surface area contributed by atoms with Gasteiger partial charge in [0.25, 0.3) is 5.91 Å². The SMILES string of the molecule is CN(C)c1ccc(C(=O)NN=C(CCl)CCl)cc1. The van der Waals surface area contributed by atoms with Gasteiger partial charge in [0, 0.05) is 25.3 Å². The van der Waals surface area contributed by atoms with Gasteiger partial charge in [0.1, 0.15) is 0 Å². The molecule has 0 bridgehead atoms. The molecule has 1 aromatic rings. The van der Waals surface area contributed by atoms with Crippen molar-refractivity contribution in [3.8, 4) is 0 Å². The van der Waals surface area contributed by atoms with E-state index in [2.05, 4.69) is 10.5 Å². The number of anilines is 1. The summed E-state index contributed by atoms with van der Waals surface area (Å²) in [7, 11) is 3.87. The van der Waals surface area contributed by atoms with E-state index in [0.29, 0.717) is 11.3 Å². The molecule has 0 aliphatic carbocycles. The summed E-state index contributed by atoms with van der Waals surface area (Å²) in [5, 5.41) is 3.84. The summed E-state index contributed by atoms with van der Waals surface area (Å²) in [5.74, 6) is 0.111. The third kappa shape index (κ3) is 4.20. The average Bonchev–Trinajstić information content (AvgIpc) is 2.39. The minimum absolute atomic E-state index is 0.198. The van der Waals surface area contributed by atoms with Crippen molar-refractivity contribution in [1.82, 2.24) is 5.43 Å². The Labute approximate surface area is 117 Å². The Balaban J connectivity index is 2.70. The second-order valence-corrected chi connectivity index (χ2v) is 4.36. The van der Waals surface area contributed by atoms with Crippen molar-refractivity contribution in [2.24, 2.45) is 5.10 Å². The molecule has 1 amide bonds. The molecule has 1 N–H and O–H groups in total. The normalized spacial score (nSPS) is 9.78. The van der Waals surface area contributed by atoms with Gasteiger partial charge >= 0.3 is 0 Å². The molecule has 0 aliphatic heterocycles. The van der Waals surface area contributed by atoms with E-state index in [1.54, 1.807) is 12.1 Å². The third-order valence-electron chi connectivity index (χ3n) is 2.27. The van der Waals surface area contributed by atoms with Crippen LogP contribution in [0.2, 0.25) is 0 Å². The topological polar surface area (TPSA) is 44.7 Å². The average molecular weight is 288 g/mol. The number of benzene rings is 1. The maximum Gasteiger partial charge on any atom is 0.271 e. The van der Waals surface area contributed by atoms with Crippen LogP contribution in [-0.2, 0) is 0 Å². The van der Waals surface area contributed by atoms with Gasteiger partial charge in [0.2, 0.25) is 0 Å². The second kappa shape index (κ2) is 7.24. The summed E-state index contributed by atoms with van der Waals surface area (Å²) >= 11 is 11.2. The summed E-state index contributed by atoms with van der Waals surface area (Å²) < 4.78 is 0. The van der Waals surface area contributed by atoms with E-state index < -0.39 is 0 Å². The Hall–Kier alpha value is -1.26. The molecule has 0 saturated heterocycles. The van der Waals surface area contributed by atoms with Gasteiger partial charge < -0.3 is 4.90 Å². The van der Waals surface area contributed by atoms with E-state index in [0.717, 1.165) is 5.69 Å². The first kappa shape index (κ1) is 14.8. The quantitative estimate of drug-likeness (QED) is 0.513. The molecule has 18 heavy (non-hydrogen) atoms. The number of hydrogen-bond donors (Lipinski definition) is 1. The van der Waals surface area contributed by atoms with Crippen molar-refractivity contribution < 1.29 is 4.79 Å². The van der Waals surface area contributed by atoms with Gasteiger partial charge in [-0.25, -0.2) is 5.43 Å². The van der Waals surface area contributed by atoms with Gasteiger partial charge in [-0.1, -0.05) is 0 Å². The third-order valence-corrected chi connectivity index (χ3v) is 2.89. The molecule has 0 unspecified atom stereocenters. The molecule has 0 spiro atoms. The van der Waals surface area contributed by atoms with Crippen LogP contribution in [0.25, 0.3) is 0 Å². The lowest BCUT2D eigenvalue weighted by Crippen LogP contribution is -2.21. The number of amides is 1. The molecule has 4 nitrogen and oxygen atoms in total. The van der Waals surface area contributed by atoms with Gasteiger partial charge in [-0.2, -0.15) is 5.10 Å². The van der Waals surface area contributed by atoms with Crippen LogP contribution in [-0.4, -0.2) is 37.5 Å². The Morgan fingerprint density at radius 3 is 2.22 bits per heavy atom. The lowest BCUT2D eigenvalue weighted by atomic mass is 10.2. The van der Waals surface area contributed by atoms with Crippen LogP contribution in [0.15, 0.2) is 29.4 Å². The molecular weight excluding hydrogens is 273 g/mol. The van der Waals surface area contributed by atoms with Gasteiger partial charge in [-0.3, -0.25) is 4.79 Å². The fourth-order valence-corrected chi connectivity index (χ4v) is 1.61. The molecule has 0 radical (unpaired) electrons. The molecule has 0 heterocycles. The molecule has 0 aliphatic rings. The van der Waals surface area contributed by atoms with Crippen LogP contribution >= 0.6 is 23.2 Å². The predicted molar refractivity (Wildman–Crippen MR) is 77.1 cm³/mol. The summed E-state index contributed by atoms with van der Waals surface area (Å²) in [6, 6.07) is 7.20. The lowest BCUT2D eigenvalue weighted by Gasteiger charge is -2.12. The van der Waals surface area contributed by atoms with E-state index in [4.69, 9.17) is 23.2 Å². The van der Waals surface area contributed by atoms with Crippen molar-refractivity contribution in [2.45, 2.75) is 0 Å². The van der Waals surface area contributed by atoms with Crippen molar-refractivity contribution >= 4 is 40.5 Å². The zero-order chi connectivity index (χ0) is 13.5. The molecule has 0 saturated carbocycles. The first-order valence-corrected chi connectivity index (χ1v) is 6.40. The highest BCUT2D eigenvalue weighted by atomic mass is 35.5. The molecule has 1 rings (SSSR count). The van der Waals surface area contributed by atoms with Crippen LogP contribution in [0.5, 0.6) is 0 Å². The summed E-state index contributed by atoms with van der Waals surface area (Å²) in [6.07, 6.45) is 0. The second-order valence-electron chi connectivity index (χ2n) is 3.83. The monoisotopic (exact) mass is 287 g/mol. The summed E-state index contributed by atoms with van der Waals surface area (Å²) in [5.41, 5.74) is 4.50. The zero-order valence-corrected chi connectivity index (χ0v) is 11.8. The zero-order valence-electron chi connectivity index (χ0n) is 10.3. The van der Waals surface area contributed by atoms with Crippen LogP contribution in [0.4, 0.5) is 5.69 Å². The maximum atomic E-state index is 11.7. The molecular formula is C12H15Cl2N3O. The lowest BCUT2D eigenvalue weighted by molar-refractivity contribution is 0.0955. The molecule has 0 aromatic heterocycles. The smallest absolute Gasteiger partial charge is 0.271 e. The van der Waals surface area contributed by atoms with Gasteiger partial charge in [0.15, 0.2) is 0 Å². The number of hydrogen-bond acceptors (Lipinski definition) is 3. The van der Waals surface area contributed by atoms with E-state index in [1.165, 1.54) is 0 Å². The minimum atomic E-state index is -0.284.